The van der Waals surface area contributed by atoms with Gasteiger partial charge in [-0.05, 0) is 25.0 Å². The molecule has 110 valence electrons. The van der Waals surface area contributed by atoms with E-state index in [-0.39, 0.29) is 18.2 Å². The Morgan fingerprint density at radius 1 is 1.05 bits per heavy atom. The van der Waals surface area contributed by atoms with E-state index in [4.69, 9.17) is 0 Å². The number of amides is 2. The molecule has 1 aliphatic heterocycles. The topological polar surface area (TPSA) is 54.5 Å². The fourth-order valence-electron chi connectivity index (χ4n) is 3.69. The molecule has 2 amide bonds. The minimum absolute atomic E-state index is 0.159. The molecule has 0 radical (unpaired) electrons. The molecule has 0 unspecified atom stereocenters. The Bertz CT molecular complexity index is 561. The van der Waals surface area contributed by atoms with Crippen molar-refractivity contribution in [3.63, 3.8) is 0 Å². The van der Waals surface area contributed by atoms with Crippen LogP contribution in [0.25, 0.3) is 0 Å². The van der Waals surface area contributed by atoms with E-state index in [1.165, 1.54) is 4.90 Å². The van der Waals surface area contributed by atoms with Crippen molar-refractivity contribution < 1.29 is 14.4 Å². The lowest BCUT2D eigenvalue weighted by atomic mass is 9.66. The van der Waals surface area contributed by atoms with Crippen LogP contribution in [-0.2, 0) is 14.4 Å². The monoisotopic (exact) mass is 285 g/mol. The molecule has 1 saturated carbocycles. The van der Waals surface area contributed by atoms with Crippen LogP contribution < -0.4 is 4.90 Å². The van der Waals surface area contributed by atoms with Gasteiger partial charge in [-0.1, -0.05) is 37.5 Å². The molecular formula is C17H19NO3. The van der Waals surface area contributed by atoms with Crippen molar-refractivity contribution in [3.8, 4) is 0 Å². The number of aldehydes is 1. The Labute approximate surface area is 124 Å². The third-order valence-corrected chi connectivity index (χ3v) is 4.87. The van der Waals surface area contributed by atoms with Crippen LogP contribution >= 0.6 is 0 Å². The third-order valence-electron chi connectivity index (χ3n) is 4.87. The van der Waals surface area contributed by atoms with Gasteiger partial charge in [-0.15, -0.1) is 0 Å². The van der Waals surface area contributed by atoms with Crippen molar-refractivity contribution >= 4 is 23.8 Å². The van der Waals surface area contributed by atoms with Crippen molar-refractivity contribution in [2.75, 3.05) is 4.90 Å². The highest BCUT2D eigenvalue weighted by Crippen LogP contribution is 2.46. The summed E-state index contributed by atoms with van der Waals surface area (Å²) in [5.41, 5.74) is -0.0269. The number of nitrogens with zero attached hydrogens (tertiary/aromatic N) is 1. The van der Waals surface area contributed by atoms with Crippen molar-refractivity contribution in [3.05, 3.63) is 30.3 Å². The molecule has 1 heterocycles. The number of para-hydroxylation sites is 1. The molecule has 1 saturated heterocycles. The molecule has 2 aliphatic rings. The van der Waals surface area contributed by atoms with Gasteiger partial charge < -0.3 is 4.79 Å². The molecule has 0 spiro atoms. The predicted octanol–water partition coefficient (Wildman–Crippen LogP) is 2.72. The van der Waals surface area contributed by atoms with Gasteiger partial charge in [0.15, 0.2) is 0 Å². The normalized spacial score (nSPS) is 25.1. The summed E-state index contributed by atoms with van der Waals surface area (Å²) in [4.78, 5) is 37.9. The lowest BCUT2D eigenvalue weighted by molar-refractivity contribution is -0.132. The zero-order valence-corrected chi connectivity index (χ0v) is 12.0. The summed E-state index contributed by atoms with van der Waals surface area (Å²) < 4.78 is 0. The standard InChI is InChI=1S/C17H19NO3/c19-12-17(9-5-2-6-10-17)14-11-15(20)18(16(14)21)13-7-3-1-4-8-13/h1,3-4,7-8,12,14H,2,5-6,9-11H2/t14-/m1/s1. The molecule has 1 aromatic carbocycles. The Morgan fingerprint density at radius 2 is 1.71 bits per heavy atom. The quantitative estimate of drug-likeness (QED) is 0.634. The van der Waals surface area contributed by atoms with Crippen LogP contribution in [-0.4, -0.2) is 18.1 Å². The molecule has 3 rings (SSSR count). The number of rotatable bonds is 3. The van der Waals surface area contributed by atoms with E-state index in [1.807, 2.05) is 6.07 Å². The SMILES string of the molecule is O=CC1([C@@H]2CC(=O)N(c3ccccc3)C2=O)CCCCC1. The maximum Gasteiger partial charge on any atom is 0.238 e. The average Bonchev–Trinajstić information content (AvgIpc) is 2.84. The van der Waals surface area contributed by atoms with E-state index in [2.05, 4.69) is 0 Å². The first kappa shape index (κ1) is 14.0. The van der Waals surface area contributed by atoms with E-state index in [9.17, 15) is 14.4 Å². The highest BCUT2D eigenvalue weighted by molar-refractivity contribution is 6.21. The lowest BCUT2D eigenvalue weighted by Gasteiger charge is -2.35. The lowest BCUT2D eigenvalue weighted by Crippen LogP contribution is -2.40. The van der Waals surface area contributed by atoms with Gasteiger partial charge in [0.2, 0.25) is 11.8 Å². The minimum atomic E-state index is -0.630. The first-order valence-corrected chi connectivity index (χ1v) is 7.56. The van der Waals surface area contributed by atoms with Crippen molar-refractivity contribution in [2.24, 2.45) is 11.3 Å². The minimum Gasteiger partial charge on any atom is -0.303 e. The second-order valence-electron chi connectivity index (χ2n) is 6.07. The molecule has 4 nitrogen and oxygen atoms in total. The number of carbonyl (C=O) groups excluding carboxylic acids is 3. The Hall–Kier alpha value is -1.97. The molecule has 21 heavy (non-hydrogen) atoms. The summed E-state index contributed by atoms with van der Waals surface area (Å²) in [6, 6.07) is 8.97. The van der Waals surface area contributed by atoms with E-state index < -0.39 is 11.3 Å². The summed E-state index contributed by atoms with van der Waals surface area (Å²) in [6.45, 7) is 0. The zero-order valence-electron chi connectivity index (χ0n) is 12.0. The maximum absolute atomic E-state index is 12.7. The maximum atomic E-state index is 12.7. The molecule has 2 fully saturated rings. The highest BCUT2D eigenvalue weighted by Gasteiger charge is 2.51. The van der Waals surface area contributed by atoms with Crippen molar-refractivity contribution in [1.29, 1.82) is 0 Å². The molecule has 1 atom stereocenters. The third kappa shape index (κ3) is 2.28. The zero-order chi connectivity index (χ0) is 14.9. The Balaban J connectivity index is 1.91. The summed E-state index contributed by atoms with van der Waals surface area (Å²) in [5, 5.41) is 0. The second-order valence-corrected chi connectivity index (χ2v) is 6.07. The molecule has 1 aliphatic carbocycles. The molecule has 0 bridgehead atoms. The number of carbonyl (C=O) groups is 3. The van der Waals surface area contributed by atoms with Crippen LogP contribution in [0, 0.1) is 11.3 Å². The van der Waals surface area contributed by atoms with Crippen LogP contribution in [0.3, 0.4) is 0 Å². The fourth-order valence-corrected chi connectivity index (χ4v) is 3.69. The Kier molecular flexibility index (Phi) is 3.62. The molecule has 1 aromatic rings. The number of anilines is 1. The smallest absolute Gasteiger partial charge is 0.238 e. The van der Waals surface area contributed by atoms with E-state index in [0.717, 1.165) is 38.4 Å². The van der Waals surface area contributed by atoms with Gasteiger partial charge in [-0.25, -0.2) is 0 Å². The summed E-state index contributed by atoms with van der Waals surface area (Å²) in [5.74, 6) is -0.883. The molecule has 0 aromatic heterocycles. The fraction of sp³-hybridized carbons (Fsp3) is 0.471. The Morgan fingerprint density at radius 3 is 2.33 bits per heavy atom. The van der Waals surface area contributed by atoms with Gasteiger partial charge in [-0.2, -0.15) is 0 Å². The van der Waals surface area contributed by atoms with Crippen LogP contribution in [0.5, 0.6) is 0 Å². The number of benzene rings is 1. The predicted molar refractivity (Wildman–Crippen MR) is 78.6 cm³/mol. The van der Waals surface area contributed by atoms with Gasteiger partial charge >= 0.3 is 0 Å². The van der Waals surface area contributed by atoms with Crippen molar-refractivity contribution in [2.45, 2.75) is 38.5 Å². The van der Waals surface area contributed by atoms with Gasteiger partial charge in [0.1, 0.15) is 6.29 Å². The number of hydrogen-bond donors (Lipinski definition) is 0. The molecule has 4 heteroatoms. The number of imide groups is 1. The largest absolute Gasteiger partial charge is 0.303 e. The van der Waals surface area contributed by atoms with Gasteiger partial charge in [0, 0.05) is 11.8 Å². The van der Waals surface area contributed by atoms with Gasteiger partial charge in [0.25, 0.3) is 0 Å². The van der Waals surface area contributed by atoms with E-state index >= 15 is 0 Å². The van der Waals surface area contributed by atoms with Crippen LogP contribution in [0.15, 0.2) is 30.3 Å². The average molecular weight is 285 g/mol. The first-order chi connectivity index (χ1) is 10.2. The van der Waals surface area contributed by atoms with Crippen molar-refractivity contribution in [1.82, 2.24) is 0 Å². The summed E-state index contributed by atoms with van der Waals surface area (Å²) in [7, 11) is 0. The van der Waals surface area contributed by atoms with Crippen LogP contribution in [0.1, 0.15) is 38.5 Å². The highest BCUT2D eigenvalue weighted by atomic mass is 16.2. The van der Waals surface area contributed by atoms with Crippen LogP contribution in [0.2, 0.25) is 0 Å². The summed E-state index contributed by atoms with van der Waals surface area (Å²) >= 11 is 0. The van der Waals surface area contributed by atoms with Crippen LogP contribution in [0.4, 0.5) is 5.69 Å². The summed E-state index contributed by atoms with van der Waals surface area (Å²) in [6.07, 6.45) is 5.57. The van der Waals surface area contributed by atoms with E-state index in [1.54, 1.807) is 24.3 Å². The first-order valence-electron chi connectivity index (χ1n) is 7.56. The van der Waals surface area contributed by atoms with E-state index in [0.29, 0.717) is 5.69 Å². The molecular weight excluding hydrogens is 266 g/mol. The number of hydrogen-bond acceptors (Lipinski definition) is 3. The van der Waals surface area contributed by atoms with Gasteiger partial charge in [0.05, 0.1) is 11.6 Å². The van der Waals surface area contributed by atoms with Gasteiger partial charge in [-0.3, -0.25) is 14.5 Å². The second kappa shape index (κ2) is 5.43. The molecule has 0 N–H and O–H groups in total.